The zero-order valence-corrected chi connectivity index (χ0v) is 19.0. The lowest BCUT2D eigenvalue weighted by atomic mass is 10.1. The van der Waals surface area contributed by atoms with E-state index >= 15 is 0 Å². The Kier molecular flexibility index (Phi) is 5.75. The predicted octanol–water partition coefficient (Wildman–Crippen LogP) is 2.51. The van der Waals surface area contributed by atoms with Gasteiger partial charge in [0.2, 0.25) is 11.9 Å². The fraction of sp³-hybridized carbons (Fsp3) is 0.652. The minimum Gasteiger partial charge on any atom is -0.391 e. The van der Waals surface area contributed by atoms with Crippen molar-refractivity contribution in [1.29, 1.82) is 0 Å². The van der Waals surface area contributed by atoms with Crippen molar-refractivity contribution < 1.29 is 9.90 Å². The molecule has 0 aromatic carbocycles. The highest BCUT2D eigenvalue weighted by atomic mass is 16.3. The molecule has 1 amide bonds. The second kappa shape index (κ2) is 8.69. The molecule has 0 saturated carbocycles. The van der Waals surface area contributed by atoms with E-state index in [1.807, 2.05) is 15.9 Å². The molecule has 32 heavy (non-hydrogen) atoms. The number of carbonyl (C=O) groups is 1. The van der Waals surface area contributed by atoms with E-state index in [0.29, 0.717) is 24.8 Å². The number of carbonyl (C=O) groups excluding carboxylic acids is 1. The lowest BCUT2D eigenvalue weighted by Gasteiger charge is -2.32. The maximum Gasteiger partial charge on any atom is 0.245 e. The fourth-order valence-corrected chi connectivity index (χ4v) is 5.06. The van der Waals surface area contributed by atoms with Crippen molar-refractivity contribution in [3.05, 3.63) is 23.0 Å². The Morgan fingerprint density at radius 3 is 2.75 bits per heavy atom. The Labute approximate surface area is 188 Å². The molecule has 5 rings (SSSR count). The normalized spacial score (nSPS) is 23.1. The van der Waals surface area contributed by atoms with Crippen LogP contribution in [0.25, 0.3) is 0 Å². The molecule has 3 aliphatic rings. The van der Waals surface area contributed by atoms with Crippen molar-refractivity contribution in [3.8, 4) is 0 Å². The van der Waals surface area contributed by atoms with Gasteiger partial charge in [-0.3, -0.25) is 9.89 Å². The van der Waals surface area contributed by atoms with Crippen molar-refractivity contribution in [2.75, 3.05) is 29.9 Å². The summed E-state index contributed by atoms with van der Waals surface area (Å²) in [6, 6.07) is 1.60. The van der Waals surface area contributed by atoms with E-state index in [4.69, 9.17) is 9.97 Å². The zero-order chi connectivity index (χ0) is 22.2. The van der Waals surface area contributed by atoms with Crippen molar-refractivity contribution in [2.24, 2.45) is 0 Å². The number of hydrogen-bond donors (Lipinski definition) is 3. The molecule has 2 saturated heterocycles. The number of H-pyrrole nitrogens is 1. The number of aromatic nitrogens is 4. The molecule has 3 N–H and O–H groups in total. The molecule has 0 bridgehead atoms. The van der Waals surface area contributed by atoms with Gasteiger partial charge >= 0.3 is 0 Å². The first-order chi connectivity index (χ1) is 15.5. The van der Waals surface area contributed by atoms with Crippen molar-refractivity contribution in [2.45, 2.75) is 76.9 Å². The Morgan fingerprint density at radius 2 is 2.00 bits per heavy atom. The molecule has 2 aliphatic heterocycles. The van der Waals surface area contributed by atoms with Gasteiger partial charge in [0.25, 0.3) is 0 Å². The summed E-state index contributed by atoms with van der Waals surface area (Å²) in [6.07, 6.45) is 6.02. The van der Waals surface area contributed by atoms with E-state index in [-0.39, 0.29) is 5.91 Å². The fourth-order valence-electron chi connectivity index (χ4n) is 5.06. The maximum atomic E-state index is 13.3. The second-order valence-corrected chi connectivity index (χ2v) is 9.58. The van der Waals surface area contributed by atoms with Crippen LogP contribution in [0.2, 0.25) is 0 Å². The van der Waals surface area contributed by atoms with Crippen LogP contribution in [-0.4, -0.2) is 67.9 Å². The summed E-state index contributed by atoms with van der Waals surface area (Å²) in [5.41, 5.74) is 3.22. The lowest BCUT2D eigenvalue weighted by molar-refractivity contribution is -0.133. The molecule has 4 heterocycles. The van der Waals surface area contributed by atoms with E-state index in [1.165, 1.54) is 6.42 Å². The number of anilines is 3. The van der Waals surface area contributed by atoms with Gasteiger partial charge < -0.3 is 20.2 Å². The second-order valence-electron chi connectivity index (χ2n) is 9.58. The SMILES string of the molecule is CC(C)c1cc(Nc2nc(N3C[C@H](O)C[C@H]3C(=O)N3CCCCC3)nc3c2CCC3)n[nH]1. The molecule has 0 radical (unpaired) electrons. The monoisotopic (exact) mass is 439 g/mol. The van der Waals surface area contributed by atoms with Crippen LogP contribution in [0.4, 0.5) is 17.6 Å². The molecule has 9 heteroatoms. The minimum atomic E-state index is -0.554. The van der Waals surface area contributed by atoms with E-state index in [9.17, 15) is 9.90 Å². The summed E-state index contributed by atoms with van der Waals surface area (Å²) >= 11 is 0. The minimum absolute atomic E-state index is 0.0914. The number of aliphatic hydroxyl groups excluding tert-OH is 1. The molecule has 0 unspecified atom stereocenters. The van der Waals surface area contributed by atoms with Crippen molar-refractivity contribution in [1.82, 2.24) is 25.1 Å². The zero-order valence-electron chi connectivity index (χ0n) is 19.0. The molecule has 2 aromatic rings. The average molecular weight is 440 g/mol. The maximum absolute atomic E-state index is 13.3. The van der Waals surface area contributed by atoms with Gasteiger partial charge in [0.15, 0.2) is 5.82 Å². The summed E-state index contributed by atoms with van der Waals surface area (Å²) in [7, 11) is 0. The lowest BCUT2D eigenvalue weighted by Crippen LogP contribution is -2.48. The summed E-state index contributed by atoms with van der Waals surface area (Å²) in [5, 5.41) is 21.3. The third-order valence-electron chi connectivity index (χ3n) is 6.88. The summed E-state index contributed by atoms with van der Waals surface area (Å²) in [5.74, 6) is 2.47. The van der Waals surface area contributed by atoms with E-state index in [0.717, 1.165) is 73.8 Å². The highest BCUT2D eigenvalue weighted by molar-refractivity contribution is 5.85. The summed E-state index contributed by atoms with van der Waals surface area (Å²) in [4.78, 5) is 26.9. The number of nitrogens with zero attached hydrogens (tertiary/aromatic N) is 5. The number of aliphatic hydroxyl groups is 1. The van der Waals surface area contributed by atoms with Crippen molar-refractivity contribution in [3.63, 3.8) is 0 Å². The molecular formula is C23H33N7O2. The predicted molar refractivity (Wildman–Crippen MR) is 122 cm³/mol. The van der Waals surface area contributed by atoms with Gasteiger partial charge in [-0.25, -0.2) is 4.98 Å². The van der Waals surface area contributed by atoms with Crippen LogP contribution in [0, 0.1) is 0 Å². The molecule has 1 aliphatic carbocycles. The van der Waals surface area contributed by atoms with Crippen LogP contribution in [0.1, 0.15) is 68.8 Å². The standard InChI is InChI=1S/C23H33N7O2/c1-14(2)18-12-20(28-27-18)25-21-16-7-6-8-17(16)24-23(26-21)30-13-15(31)11-19(30)22(32)29-9-4-3-5-10-29/h12,14-15,19,31H,3-11,13H2,1-2H3,(H2,24,25,26,27,28)/t15-,19+/m1/s1. The Bertz CT molecular complexity index is 983. The number of aromatic amines is 1. The highest BCUT2D eigenvalue weighted by Crippen LogP contribution is 2.33. The van der Waals surface area contributed by atoms with Gasteiger partial charge in [-0.1, -0.05) is 13.8 Å². The van der Waals surface area contributed by atoms with E-state index in [1.54, 1.807) is 0 Å². The van der Waals surface area contributed by atoms with Crippen LogP contribution in [-0.2, 0) is 17.6 Å². The molecule has 2 aromatic heterocycles. The molecule has 9 nitrogen and oxygen atoms in total. The quantitative estimate of drug-likeness (QED) is 0.656. The third kappa shape index (κ3) is 4.05. The first-order valence-corrected chi connectivity index (χ1v) is 11.9. The number of rotatable bonds is 5. The van der Waals surface area contributed by atoms with Gasteiger partial charge in [0, 0.05) is 43.4 Å². The van der Waals surface area contributed by atoms with Crippen LogP contribution < -0.4 is 10.2 Å². The first-order valence-electron chi connectivity index (χ1n) is 11.9. The number of aryl methyl sites for hydroxylation is 1. The first kappa shape index (κ1) is 21.2. The van der Waals surface area contributed by atoms with Crippen LogP contribution >= 0.6 is 0 Å². The molecule has 2 fully saturated rings. The molecule has 2 atom stereocenters. The van der Waals surface area contributed by atoms with Crippen LogP contribution in [0.5, 0.6) is 0 Å². The number of nitrogens with one attached hydrogen (secondary N) is 2. The molecule has 172 valence electrons. The summed E-state index contributed by atoms with van der Waals surface area (Å²) < 4.78 is 0. The topological polar surface area (TPSA) is 110 Å². The van der Waals surface area contributed by atoms with Gasteiger partial charge in [0.05, 0.1) is 11.8 Å². The largest absolute Gasteiger partial charge is 0.391 e. The molecular weight excluding hydrogens is 406 g/mol. The van der Waals surface area contributed by atoms with Gasteiger partial charge in [-0.05, 0) is 44.4 Å². The van der Waals surface area contributed by atoms with Gasteiger partial charge in [0.1, 0.15) is 11.9 Å². The smallest absolute Gasteiger partial charge is 0.245 e. The number of hydrogen-bond acceptors (Lipinski definition) is 7. The van der Waals surface area contributed by atoms with E-state index in [2.05, 4.69) is 29.4 Å². The van der Waals surface area contributed by atoms with Gasteiger partial charge in [-0.15, -0.1) is 0 Å². The number of amides is 1. The molecule has 0 spiro atoms. The van der Waals surface area contributed by atoms with Crippen molar-refractivity contribution >= 4 is 23.5 Å². The Morgan fingerprint density at radius 1 is 1.19 bits per heavy atom. The number of piperidine rings is 1. The highest BCUT2D eigenvalue weighted by Gasteiger charge is 2.40. The Balaban J connectivity index is 1.44. The number of β-amino-alcohol motifs (C(OH)–C–C–N with tert-alkyl or cyclic N) is 1. The van der Waals surface area contributed by atoms with Gasteiger partial charge in [-0.2, -0.15) is 10.1 Å². The Hall–Kier alpha value is -2.68. The van der Waals surface area contributed by atoms with E-state index < -0.39 is 12.1 Å². The number of fused-ring (bicyclic) bond motifs is 1. The van der Waals surface area contributed by atoms with Crippen LogP contribution in [0.15, 0.2) is 6.07 Å². The van der Waals surface area contributed by atoms with Crippen LogP contribution in [0.3, 0.4) is 0 Å². The summed E-state index contributed by atoms with van der Waals surface area (Å²) in [6.45, 7) is 6.22. The third-order valence-corrected chi connectivity index (χ3v) is 6.88. The number of likely N-dealkylation sites (tertiary alicyclic amines) is 1. The average Bonchev–Trinajstić information content (AvgIpc) is 3.53.